The number of rotatable bonds is 5. The van der Waals surface area contributed by atoms with Gasteiger partial charge in [0.1, 0.15) is 5.84 Å². The summed E-state index contributed by atoms with van der Waals surface area (Å²) in [6, 6.07) is 9.64. The van der Waals surface area contributed by atoms with Crippen molar-refractivity contribution in [3.63, 3.8) is 0 Å². The summed E-state index contributed by atoms with van der Waals surface area (Å²) in [4.78, 5) is 6.13. The standard InChI is InChI=1S/C15H17ClN4/c1-20(10-13-5-6-19-8-14(13)16)9-11-3-2-4-12(7-11)15(17)18/h2-8H,9-10H2,1H3,(H3,17,18). The van der Waals surface area contributed by atoms with E-state index < -0.39 is 0 Å². The Bertz CT molecular complexity index is 612. The number of nitrogens with two attached hydrogens (primary N) is 1. The first-order valence-electron chi connectivity index (χ1n) is 6.26. The lowest BCUT2D eigenvalue weighted by Gasteiger charge is -2.17. The number of halogens is 1. The fourth-order valence-electron chi connectivity index (χ4n) is 2.03. The molecule has 1 aromatic heterocycles. The summed E-state index contributed by atoms with van der Waals surface area (Å²) in [5.74, 6) is 0.0895. The number of amidine groups is 1. The molecule has 2 aromatic rings. The highest BCUT2D eigenvalue weighted by Gasteiger charge is 2.06. The van der Waals surface area contributed by atoms with Crippen LogP contribution >= 0.6 is 11.6 Å². The second-order valence-electron chi connectivity index (χ2n) is 4.75. The molecule has 0 spiro atoms. The minimum Gasteiger partial charge on any atom is -0.384 e. The van der Waals surface area contributed by atoms with Crippen LogP contribution in [0.5, 0.6) is 0 Å². The van der Waals surface area contributed by atoms with Gasteiger partial charge in [-0.2, -0.15) is 0 Å². The Morgan fingerprint density at radius 2 is 2.15 bits per heavy atom. The van der Waals surface area contributed by atoms with E-state index in [0.29, 0.717) is 5.02 Å². The van der Waals surface area contributed by atoms with Crippen LogP contribution in [0.4, 0.5) is 0 Å². The van der Waals surface area contributed by atoms with Gasteiger partial charge in [-0.3, -0.25) is 15.3 Å². The topological polar surface area (TPSA) is 66.0 Å². The van der Waals surface area contributed by atoms with Crippen LogP contribution in [0.25, 0.3) is 0 Å². The predicted molar refractivity (Wildman–Crippen MR) is 81.9 cm³/mol. The summed E-state index contributed by atoms with van der Waals surface area (Å²) < 4.78 is 0. The SMILES string of the molecule is CN(Cc1cccc(C(=N)N)c1)Cc1ccncc1Cl. The molecule has 104 valence electrons. The molecular formula is C15H17ClN4. The van der Waals surface area contributed by atoms with Gasteiger partial charge in [0.2, 0.25) is 0 Å². The van der Waals surface area contributed by atoms with E-state index in [1.165, 1.54) is 0 Å². The number of hydrogen-bond acceptors (Lipinski definition) is 3. The number of hydrogen-bond donors (Lipinski definition) is 2. The molecule has 1 aromatic carbocycles. The number of pyridine rings is 1. The van der Waals surface area contributed by atoms with Gasteiger partial charge in [-0.05, 0) is 30.3 Å². The number of nitrogens with one attached hydrogen (secondary N) is 1. The van der Waals surface area contributed by atoms with Crippen molar-refractivity contribution >= 4 is 17.4 Å². The molecule has 5 heteroatoms. The summed E-state index contributed by atoms with van der Waals surface area (Å²) in [6.45, 7) is 1.51. The predicted octanol–water partition coefficient (Wildman–Crippen LogP) is 2.65. The van der Waals surface area contributed by atoms with E-state index in [9.17, 15) is 0 Å². The van der Waals surface area contributed by atoms with E-state index in [1.54, 1.807) is 12.4 Å². The second kappa shape index (κ2) is 6.50. The molecule has 0 aliphatic carbocycles. The lowest BCUT2D eigenvalue weighted by Crippen LogP contribution is -2.18. The number of nitrogen functional groups attached to an aromatic ring is 1. The zero-order chi connectivity index (χ0) is 14.5. The summed E-state index contributed by atoms with van der Waals surface area (Å²) in [6.07, 6.45) is 3.40. The van der Waals surface area contributed by atoms with E-state index in [4.69, 9.17) is 22.7 Å². The molecule has 20 heavy (non-hydrogen) atoms. The van der Waals surface area contributed by atoms with Crippen LogP contribution in [0.2, 0.25) is 5.02 Å². The number of aromatic nitrogens is 1. The molecule has 2 rings (SSSR count). The number of benzene rings is 1. The first-order chi connectivity index (χ1) is 9.56. The van der Waals surface area contributed by atoms with Gasteiger partial charge in [-0.15, -0.1) is 0 Å². The van der Waals surface area contributed by atoms with E-state index >= 15 is 0 Å². The Kier molecular flexibility index (Phi) is 4.71. The van der Waals surface area contributed by atoms with Gasteiger partial charge in [0.15, 0.2) is 0 Å². The smallest absolute Gasteiger partial charge is 0.122 e. The van der Waals surface area contributed by atoms with Crippen molar-refractivity contribution in [3.8, 4) is 0 Å². The first-order valence-corrected chi connectivity index (χ1v) is 6.64. The van der Waals surface area contributed by atoms with Crippen molar-refractivity contribution in [2.45, 2.75) is 13.1 Å². The zero-order valence-corrected chi connectivity index (χ0v) is 12.1. The van der Waals surface area contributed by atoms with Crippen LogP contribution in [0.3, 0.4) is 0 Å². The summed E-state index contributed by atoms with van der Waals surface area (Å²) >= 11 is 6.10. The van der Waals surface area contributed by atoms with Crippen molar-refractivity contribution in [2.24, 2.45) is 5.73 Å². The molecule has 1 heterocycles. The average Bonchev–Trinajstić information content (AvgIpc) is 2.41. The molecule has 3 N–H and O–H groups in total. The highest BCUT2D eigenvalue weighted by molar-refractivity contribution is 6.31. The Labute approximate surface area is 123 Å². The quantitative estimate of drug-likeness (QED) is 0.656. The molecular weight excluding hydrogens is 272 g/mol. The molecule has 0 aliphatic rings. The molecule has 0 bridgehead atoms. The molecule has 0 saturated heterocycles. The first kappa shape index (κ1) is 14.5. The van der Waals surface area contributed by atoms with Crippen LogP contribution < -0.4 is 5.73 Å². The van der Waals surface area contributed by atoms with E-state index in [2.05, 4.69) is 9.88 Å². The summed E-state index contributed by atoms with van der Waals surface area (Å²) in [5, 5.41) is 8.14. The highest BCUT2D eigenvalue weighted by atomic mass is 35.5. The van der Waals surface area contributed by atoms with E-state index in [1.807, 2.05) is 37.4 Å². The fourth-order valence-corrected chi connectivity index (χ4v) is 2.21. The maximum absolute atomic E-state index is 7.46. The third-order valence-corrected chi connectivity index (χ3v) is 3.33. The molecule has 0 radical (unpaired) electrons. The van der Waals surface area contributed by atoms with Gasteiger partial charge in [-0.25, -0.2) is 0 Å². The maximum atomic E-state index is 7.46. The molecule has 0 unspecified atom stereocenters. The van der Waals surface area contributed by atoms with Crippen LogP contribution in [-0.2, 0) is 13.1 Å². The summed E-state index contributed by atoms with van der Waals surface area (Å²) in [7, 11) is 2.02. The van der Waals surface area contributed by atoms with E-state index in [0.717, 1.165) is 29.8 Å². The molecule has 4 nitrogen and oxygen atoms in total. The second-order valence-corrected chi connectivity index (χ2v) is 5.16. The highest BCUT2D eigenvalue weighted by Crippen LogP contribution is 2.16. The Balaban J connectivity index is 2.05. The van der Waals surface area contributed by atoms with Crippen molar-refractivity contribution in [1.29, 1.82) is 5.41 Å². The van der Waals surface area contributed by atoms with Crippen molar-refractivity contribution in [2.75, 3.05) is 7.05 Å². The lowest BCUT2D eigenvalue weighted by atomic mass is 10.1. The van der Waals surface area contributed by atoms with Gasteiger partial charge < -0.3 is 5.73 Å². The van der Waals surface area contributed by atoms with Crippen LogP contribution in [0.15, 0.2) is 42.7 Å². The minimum absolute atomic E-state index is 0.0895. The maximum Gasteiger partial charge on any atom is 0.122 e. The third kappa shape index (κ3) is 3.79. The molecule has 0 aliphatic heterocycles. The zero-order valence-electron chi connectivity index (χ0n) is 11.3. The van der Waals surface area contributed by atoms with Gasteiger partial charge in [0.05, 0.1) is 5.02 Å². The van der Waals surface area contributed by atoms with Gasteiger partial charge in [-0.1, -0.05) is 29.8 Å². The van der Waals surface area contributed by atoms with Gasteiger partial charge >= 0.3 is 0 Å². The number of nitrogens with zero attached hydrogens (tertiary/aromatic N) is 2. The van der Waals surface area contributed by atoms with E-state index in [-0.39, 0.29) is 5.84 Å². The average molecular weight is 289 g/mol. The van der Waals surface area contributed by atoms with Crippen molar-refractivity contribution in [3.05, 3.63) is 64.4 Å². The van der Waals surface area contributed by atoms with Gasteiger partial charge in [0, 0.05) is 31.0 Å². The lowest BCUT2D eigenvalue weighted by molar-refractivity contribution is 0.319. The van der Waals surface area contributed by atoms with Crippen molar-refractivity contribution < 1.29 is 0 Å². The normalized spacial score (nSPS) is 10.8. The Morgan fingerprint density at radius 1 is 1.35 bits per heavy atom. The molecule has 0 fully saturated rings. The molecule has 0 atom stereocenters. The van der Waals surface area contributed by atoms with Crippen LogP contribution in [-0.4, -0.2) is 22.8 Å². The Morgan fingerprint density at radius 3 is 2.85 bits per heavy atom. The third-order valence-electron chi connectivity index (χ3n) is 2.99. The van der Waals surface area contributed by atoms with Crippen LogP contribution in [0, 0.1) is 5.41 Å². The summed E-state index contributed by atoms with van der Waals surface area (Å²) in [5.41, 5.74) is 8.41. The molecule has 0 amide bonds. The molecule has 0 saturated carbocycles. The largest absolute Gasteiger partial charge is 0.384 e. The fraction of sp³-hybridized carbons (Fsp3) is 0.200. The van der Waals surface area contributed by atoms with Gasteiger partial charge in [0.25, 0.3) is 0 Å². The monoisotopic (exact) mass is 288 g/mol. The Hall–Kier alpha value is -1.91. The van der Waals surface area contributed by atoms with Crippen molar-refractivity contribution in [1.82, 2.24) is 9.88 Å². The minimum atomic E-state index is 0.0895. The van der Waals surface area contributed by atoms with Crippen LogP contribution in [0.1, 0.15) is 16.7 Å².